The fourth-order valence-corrected chi connectivity index (χ4v) is 1.82. The Morgan fingerprint density at radius 1 is 1.26 bits per heavy atom. The maximum Gasteiger partial charge on any atom is 0.322 e. The minimum absolute atomic E-state index is 0.0789. The van der Waals surface area contributed by atoms with Crippen LogP contribution in [0.1, 0.15) is 17.5 Å². The van der Waals surface area contributed by atoms with Crippen molar-refractivity contribution in [2.24, 2.45) is 0 Å². The molecule has 0 bridgehead atoms. The average molecular weight is 261 g/mol. The molecular weight excluding hydrogens is 246 g/mol. The van der Waals surface area contributed by atoms with E-state index in [0.717, 1.165) is 11.1 Å². The van der Waals surface area contributed by atoms with Gasteiger partial charge >= 0.3 is 6.03 Å². The van der Waals surface area contributed by atoms with Crippen molar-refractivity contribution in [1.29, 1.82) is 0 Å². The highest BCUT2D eigenvalue weighted by molar-refractivity contribution is 6.06. The lowest BCUT2D eigenvalue weighted by atomic mass is 10.1. The van der Waals surface area contributed by atoms with E-state index in [2.05, 4.69) is 16.0 Å². The average Bonchev–Trinajstić information content (AvgIpc) is 2.62. The van der Waals surface area contributed by atoms with E-state index in [1.54, 1.807) is 6.07 Å². The molecule has 0 saturated carbocycles. The van der Waals surface area contributed by atoms with Gasteiger partial charge in [0.15, 0.2) is 0 Å². The minimum atomic E-state index is -0.793. The molecule has 1 fully saturated rings. The highest BCUT2D eigenvalue weighted by atomic mass is 16.2. The monoisotopic (exact) mass is 261 g/mol. The molecule has 1 aliphatic heterocycles. The van der Waals surface area contributed by atoms with E-state index in [1.165, 1.54) is 0 Å². The summed E-state index contributed by atoms with van der Waals surface area (Å²) in [5.74, 6) is -0.786. The highest BCUT2D eigenvalue weighted by Crippen LogP contribution is 2.14. The molecule has 1 heterocycles. The molecule has 1 saturated heterocycles. The quantitative estimate of drug-likeness (QED) is 0.705. The van der Waals surface area contributed by atoms with Crippen molar-refractivity contribution >= 4 is 23.5 Å². The summed E-state index contributed by atoms with van der Waals surface area (Å²) in [6, 6.07) is 4.22. The Labute approximate surface area is 110 Å². The zero-order valence-electron chi connectivity index (χ0n) is 10.7. The molecule has 6 nitrogen and oxygen atoms in total. The first-order chi connectivity index (χ1) is 8.95. The van der Waals surface area contributed by atoms with Gasteiger partial charge in [-0.15, -0.1) is 0 Å². The first kappa shape index (κ1) is 13.1. The van der Waals surface area contributed by atoms with Crippen LogP contribution in [-0.2, 0) is 9.59 Å². The van der Waals surface area contributed by atoms with Gasteiger partial charge in [0.2, 0.25) is 5.91 Å². The molecule has 0 spiro atoms. The lowest BCUT2D eigenvalue weighted by molar-refractivity contribution is -0.124. The van der Waals surface area contributed by atoms with Crippen LogP contribution in [0.4, 0.5) is 10.5 Å². The molecule has 1 aliphatic rings. The first-order valence-electron chi connectivity index (χ1n) is 5.94. The number of hydrogen-bond donors (Lipinski definition) is 3. The molecule has 1 unspecified atom stereocenters. The number of anilines is 1. The molecule has 19 heavy (non-hydrogen) atoms. The molecule has 0 radical (unpaired) electrons. The van der Waals surface area contributed by atoms with Crippen LogP contribution in [0.25, 0.3) is 0 Å². The van der Waals surface area contributed by atoms with Gasteiger partial charge in [0, 0.05) is 5.69 Å². The summed E-state index contributed by atoms with van der Waals surface area (Å²) in [7, 11) is 0. The van der Waals surface area contributed by atoms with Gasteiger partial charge in [-0.05, 0) is 37.1 Å². The van der Waals surface area contributed by atoms with Crippen LogP contribution in [-0.4, -0.2) is 23.9 Å². The summed E-state index contributed by atoms with van der Waals surface area (Å²) in [6.07, 6.45) is -0.0789. The zero-order valence-corrected chi connectivity index (χ0v) is 10.7. The molecule has 3 N–H and O–H groups in total. The van der Waals surface area contributed by atoms with Crippen molar-refractivity contribution in [1.82, 2.24) is 10.6 Å². The fraction of sp³-hybridized carbons (Fsp3) is 0.308. The van der Waals surface area contributed by atoms with Crippen LogP contribution >= 0.6 is 0 Å². The first-order valence-corrected chi connectivity index (χ1v) is 5.94. The Morgan fingerprint density at radius 2 is 2.00 bits per heavy atom. The molecule has 1 aromatic rings. The van der Waals surface area contributed by atoms with Gasteiger partial charge in [-0.3, -0.25) is 14.9 Å². The van der Waals surface area contributed by atoms with Crippen molar-refractivity contribution in [3.63, 3.8) is 0 Å². The Kier molecular flexibility index (Phi) is 3.50. The highest BCUT2D eigenvalue weighted by Gasteiger charge is 2.31. The van der Waals surface area contributed by atoms with Crippen LogP contribution in [0.3, 0.4) is 0 Å². The van der Waals surface area contributed by atoms with Crippen LogP contribution in [0, 0.1) is 13.8 Å². The molecule has 6 heteroatoms. The third-order valence-electron chi connectivity index (χ3n) is 3.04. The molecule has 4 amide bonds. The second kappa shape index (κ2) is 5.09. The van der Waals surface area contributed by atoms with Gasteiger partial charge in [-0.1, -0.05) is 6.07 Å². The van der Waals surface area contributed by atoms with E-state index >= 15 is 0 Å². The minimum Gasteiger partial charge on any atom is -0.326 e. The van der Waals surface area contributed by atoms with Crippen molar-refractivity contribution in [3.05, 3.63) is 29.3 Å². The van der Waals surface area contributed by atoms with Gasteiger partial charge in [-0.25, -0.2) is 4.79 Å². The van der Waals surface area contributed by atoms with E-state index in [-0.39, 0.29) is 12.3 Å². The predicted octanol–water partition coefficient (Wildman–Crippen LogP) is 0.840. The zero-order chi connectivity index (χ0) is 14.0. The Bertz CT molecular complexity index is 554. The number of hydrogen-bond acceptors (Lipinski definition) is 3. The van der Waals surface area contributed by atoms with Gasteiger partial charge in [-0.2, -0.15) is 0 Å². The maximum atomic E-state index is 11.8. The maximum absolute atomic E-state index is 11.8. The molecule has 1 aromatic carbocycles. The standard InChI is InChI=1S/C13H15N3O3/c1-7-3-4-9(5-8(7)2)14-11(17)6-10-12(18)16-13(19)15-10/h3-5,10H,6H2,1-2H3,(H,14,17)(H2,15,16,18,19). The smallest absolute Gasteiger partial charge is 0.322 e. The largest absolute Gasteiger partial charge is 0.326 e. The van der Waals surface area contributed by atoms with Crippen molar-refractivity contribution in [3.8, 4) is 0 Å². The molecule has 0 aromatic heterocycles. The number of benzene rings is 1. The van der Waals surface area contributed by atoms with E-state index in [9.17, 15) is 14.4 Å². The summed E-state index contributed by atoms with van der Waals surface area (Å²) in [5, 5.41) is 7.17. The molecule has 100 valence electrons. The second-order valence-electron chi connectivity index (χ2n) is 4.57. The van der Waals surface area contributed by atoms with Gasteiger partial charge in [0.05, 0.1) is 6.42 Å². The number of urea groups is 1. The third kappa shape index (κ3) is 3.09. The topological polar surface area (TPSA) is 87.3 Å². The number of rotatable bonds is 3. The van der Waals surface area contributed by atoms with Crippen LogP contribution in [0.15, 0.2) is 18.2 Å². The Morgan fingerprint density at radius 3 is 2.58 bits per heavy atom. The van der Waals surface area contributed by atoms with Crippen LogP contribution < -0.4 is 16.0 Å². The van der Waals surface area contributed by atoms with Crippen molar-refractivity contribution in [2.45, 2.75) is 26.3 Å². The van der Waals surface area contributed by atoms with Crippen LogP contribution in [0.2, 0.25) is 0 Å². The molecule has 1 atom stereocenters. The Hall–Kier alpha value is -2.37. The van der Waals surface area contributed by atoms with E-state index in [1.807, 2.05) is 26.0 Å². The molecule has 0 aliphatic carbocycles. The summed E-state index contributed by atoms with van der Waals surface area (Å²) in [4.78, 5) is 34.0. The van der Waals surface area contributed by atoms with E-state index in [4.69, 9.17) is 0 Å². The number of amides is 4. The van der Waals surface area contributed by atoms with Crippen LogP contribution in [0.5, 0.6) is 0 Å². The Balaban J connectivity index is 1.96. The molecular formula is C13H15N3O3. The van der Waals surface area contributed by atoms with Gasteiger partial charge in [0.25, 0.3) is 5.91 Å². The third-order valence-corrected chi connectivity index (χ3v) is 3.04. The van der Waals surface area contributed by atoms with Crippen molar-refractivity contribution in [2.75, 3.05) is 5.32 Å². The number of nitrogens with one attached hydrogen (secondary N) is 3. The van der Waals surface area contributed by atoms with E-state index < -0.39 is 18.0 Å². The van der Waals surface area contributed by atoms with Gasteiger partial charge < -0.3 is 10.6 Å². The lowest BCUT2D eigenvalue weighted by Crippen LogP contribution is -2.33. The summed E-state index contributed by atoms with van der Waals surface area (Å²) >= 11 is 0. The number of aryl methyl sites for hydroxylation is 2. The normalized spacial score (nSPS) is 17.9. The number of imide groups is 1. The summed E-state index contributed by atoms with van der Waals surface area (Å²) < 4.78 is 0. The van der Waals surface area contributed by atoms with Gasteiger partial charge in [0.1, 0.15) is 6.04 Å². The predicted molar refractivity (Wildman–Crippen MR) is 69.6 cm³/mol. The second-order valence-corrected chi connectivity index (χ2v) is 4.57. The summed E-state index contributed by atoms with van der Waals surface area (Å²) in [6.45, 7) is 3.94. The summed E-state index contributed by atoms with van der Waals surface area (Å²) in [5.41, 5.74) is 2.89. The lowest BCUT2D eigenvalue weighted by Gasteiger charge is -2.09. The fourth-order valence-electron chi connectivity index (χ4n) is 1.82. The number of carbonyl (C=O) groups is 3. The van der Waals surface area contributed by atoms with E-state index in [0.29, 0.717) is 5.69 Å². The SMILES string of the molecule is Cc1ccc(NC(=O)CC2NC(=O)NC2=O)cc1C. The number of carbonyl (C=O) groups excluding carboxylic acids is 3. The molecule has 2 rings (SSSR count). The van der Waals surface area contributed by atoms with Crippen molar-refractivity contribution < 1.29 is 14.4 Å².